The van der Waals surface area contributed by atoms with Crippen LogP contribution in [0.1, 0.15) is 41.0 Å². The quantitative estimate of drug-likeness (QED) is 0.857. The van der Waals surface area contributed by atoms with Crippen molar-refractivity contribution in [3.05, 3.63) is 47.4 Å². The number of hydrogen-bond donors (Lipinski definition) is 1. The summed E-state index contributed by atoms with van der Waals surface area (Å²) < 4.78 is 2.01. The van der Waals surface area contributed by atoms with Gasteiger partial charge in [0.05, 0.1) is 12.1 Å². The molecule has 7 heteroatoms. The molecule has 3 heterocycles. The van der Waals surface area contributed by atoms with E-state index in [2.05, 4.69) is 4.98 Å². The molecule has 0 aliphatic carbocycles. The summed E-state index contributed by atoms with van der Waals surface area (Å²) >= 11 is 0. The van der Waals surface area contributed by atoms with E-state index >= 15 is 0 Å². The molecular formula is C21H28N4O3. The Morgan fingerprint density at radius 1 is 1.25 bits per heavy atom. The molecule has 0 saturated carbocycles. The minimum atomic E-state index is -0.818. The molecule has 150 valence electrons. The summed E-state index contributed by atoms with van der Waals surface area (Å²) in [6, 6.07) is 7.87. The van der Waals surface area contributed by atoms with Crippen molar-refractivity contribution in [3.8, 4) is 5.82 Å². The molecule has 0 aromatic carbocycles. The summed E-state index contributed by atoms with van der Waals surface area (Å²) in [5.74, 6) is 0.0289. The summed E-state index contributed by atoms with van der Waals surface area (Å²) in [5, 5.41) is 9.01. The molecule has 2 aromatic heterocycles. The van der Waals surface area contributed by atoms with Gasteiger partial charge < -0.3 is 14.6 Å². The first-order chi connectivity index (χ1) is 13.4. The molecule has 1 N–H and O–H groups in total. The van der Waals surface area contributed by atoms with Gasteiger partial charge in [0.15, 0.2) is 0 Å². The van der Waals surface area contributed by atoms with Crippen molar-refractivity contribution in [2.45, 2.75) is 39.2 Å². The van der Waals surface area contributed by atoms with Gasteiger partial charge in [-0.1, -0.05) is 6.07 Å². The van der Waals surface area contributed by atoms with E-state index < -0.39 is 5.97 Å². The number of pyridine rings is 1. The van der Waals surface area contributed by atoms with Crippen molar-refractivity contribution < 1.29 is 14.7 Å². The van der Waals surface area contributed by atoms with Crippen LogP contribution >= 0.6 is 0 Å². The van der Waals surface area contributed by atoms with Gasteiger partial charge in [0.2, 0.25) is 0 Å². The number of likely N-dealkylation sites (tertiary alicyclic amines) is 1. The Morgan fingerprint density at radius 3 is 2.71 bits per heavy atom. The number of aromatic nitrogens is 2. The first-order valence-electron chi connectivity index (χ1n) is 9.70. The van der Waals surface area contributed by atoms with E-state index in [1.54, 1.807) is 6.20 Å². The first-order valence-corrected chi connectivity index (χ1v) is 9.70. The van der Waals surface area contributed by atoms with Gasteiger partial charge in [-0.2, -0.15) is 0 Å². The lowest BCUT2D eigenvalue weighted by Crippen LogP contribution is -2.37. The van der Waals surface area contributed by atoms with Crippen molar-refractivity contribution in [2.75, 3.05) is 26.7 Å². The number of carbonyl (C=O) groups excluding carboxylic acids is 1. The summed E-state index contributed by atoms with van der Waals surface area (Å²) in [6.07, 6.45) is 4.31. The molecule has 7 nitrogen and oxygen atoms in total. The van der Waals surface area contributed by atoms with Gasteiger partial charge in [-0.25, -0.2) is 4.98 Å². The SMILES string of the molecule is Cc1cc(C(=O)N2CCCC(N(C)CC(=O)O)CC2)c(C)n1-c1ccccn1. The van der Waals surface area contributed by atoms with Crippen LogP contribution in [0.4, 0.5) is 0 Å². The summed E-state index contributed by atoms with van der Waals surface area (Å²) in [4.78, 5) is 32.4. The number of nitrogens with zero attached hydrogens (tertiary/aromatic N) is 4. The smallest absolute Gasteiger partial charge is 0.317 e. The van der Waals surface area contributed by atoms with Crippen LogP contribution in [0, 0.1) is 13.8 Å². The van der Waals surface area contributed by atoms with Crippen LogP contribution in [0.2, 0.25) is 0 Å². The van der Waals surface area contributed by atoms with Gasteiger partial charge in [0, 0.05) is 36.7 Å². The van der Waals surface area contributed by atoms with Gasteiger partial charge in [-0.15, -0.1) is 0 Å². The first kappa shape index (κ1) is 20.1. The van der Waals surface area contributed by atoms with E-state index in [0.29, 0.717) is 18.7 Å². The summed E-state index contributed by atoms with van der Waals surface area (Å²) in [7, 11) is 1.84. The number of likely N-dealkylation sites (N-methyl/N-ethyl adjacent to an activating group) is 1. The second-order valence-electron chi connectivity index (χ2n) is 7.49. The highest BCUT2D eigenvalue weighted by molar-refractivity contribution is 5.96. The Hall–Kier alpha value is -2.67. The number of carboxylic acid groups (broad SMARTS) is 1. The van der Waals surface area contributed by atoms with Crippen molar-refractivity contribution in [1.29, 1.82) is 0 Å². The standard InChI is InChI=1S/C21H28N4O3/c1-15-13-18(16(2)25(15)19-8-4-5-10-22-19)21(28)24-11-6-7-17(9-12-24)23(3)14-20(26)27/h4-5,8,10,13,17H,6-7,9,11-12,14H2,1-3H3,(H,26,27). The molecule has 0 bridgehead atoms. The lowest BCUT2D eigenvalue weighted by Gasteiger charge is -2.25. The Bertz CT molecular complexity index is 847. The van der Waals surface area contributed by atoms with Gasteiger partial charge in [-0.3, -0.25) is 14.5 Å². The zero-order chi connectivity index (χ0) is 20.3. The van der Waals surface area contributed by atoms with Crippen molar-refractivity contribution in [1.82, 2.24) is 19.4 Å². The minimum Gasteiger partial charge on any atom is -0.480 e. The van der Waals surface area contributed by atoms with Crippen LogP contribution in [0.25, 0.3) is 5.82 Å². The maximum absolute atomic E-state index is 13.2. The zero-order valence-corrected chi connectivity index (χ0v) is 16.8. The zero-order valence-electron chi connectivity index (χ0n) is 16.8. The molecule has 1 fully saturated rings. The van der Waals surface area contributed by atoms with Crippen LogP contribution in [0.3, 0.4) is 0 Å². The van der Waals surface area contributed by atoms with Gasteiger partial charge >= 0.3 is 5.97 Å². The molecule has 1 unspecified atom stereocenters. The van der Waals surface area contributed by atoms with Crippen molar-refractivity contribution in [3.63, 3.8) is 0 Å². The van der Waals surface area contributed by atoms with E-state index in [0.717, 1.165) is 36.5 Å². The second kappa shape index (κ2) is 8.56. The average molecular weight is 384 g/mol. The molecular weight excluding hydrogens is 356 g/mol. The van der Waals surface area contributed by atoms with E-state index in [1.165, 1.54) is 0 Å². The van der Waals surface area contributed by atoms with E-state index in [4.69, 9.17) is 5.11 Å². The molecule has 1 amide bonds. The summed E-state index contributed by atoms with van der Waals surface area (Å²) in [5.41, 5.74) is 2.58. The highest BCUT2D eigenvalue weighted by atomic mass is 16.4. The number of carbonyl (C=O) groups is 2. The fraction of sp³-hybridized carbons (Fsp3) is 0.476. The number of amides is 1. The third-order valence-corrected chi connectivity index (χ3v) is 5.53. The monoisotopic (exact) mass is 384 g/mol. The molecule has 1 aliphatic heterocycles. The number of aryl methyl sites for hydroxylation is 1. The highest BCUT2D eigenvalue weighted by Crippen LogP contribution is 2.23. The van der Waals surface area contributed by atoms with Crippen molar-refractivity contribution >= 4 is 11.9 Å². The minimum absolute atomic E-state index is 0.0316. The predicted octanol–water partition coefficient (Wildman–Crippen LogP) is 2.50. The number of carboxylic acids is 1. The molecule has 1 atom stereocenters. The molecule has 0 radical (unpaired) electrons. The Labute approximate surface area is 165 Å². The van der Waals surface area contributed by atoms with Crippen LogP contribution < -0.4 is 0 Å². The number of aliphatic carboxylic acids is 1. The van der Waals surface area contributed by atoms with Crippen molar-refractivity contribution in [2.24, 2.45) is 0 Å². The Morgan fingerprint density at radius 2 is 2.04 bits per heavy atom. The molecule has 3 rings (SSSR count). The van der Waals surface area contributed by atoms with E-state index in [1.807, 2.05) is 59.5 Å². The predicted molar refractivity (Wildman–Crippen MR) is 107 cm³/mol. The molecule has 1 saturated heterocycles. The Balaban J connectivity index is 1.75. The van der Waals surface area contributed by atoms with E-state index in [9.17, 15) is 9.59 Å². The maximum Gasteiger partial charge on any atom is 0.317 e. The highest BCUT2D eigenvalue weighted by Gasteiger charge is 2.26. The van der Waals surface area contributed by atoms with Crippen LogP contribution in [-0.2, 0) is 4.79 Å². The largest absolute Gasteiger partial charge is 0.480 e. The van der Waals surface area contributed by atoms with Gasteiger partial charge in [-0.05, 0) is 58.4 Å². The van der Waals surface area contributed by atoms with Gasteiger partial charge in [0.25, 0.3) is 5.91 Å². The number of hydrogen-bond acceptors (Lipinski definition) is 4. The average Bonchev–Trinajstić information content (AvgIpc) is 2.84. The Kier molecular flexibility index (Phi) is 6.14. The maximum atomic E-state index is 13.2. The topological polar surface area (TPSA) is 78.7 Å². The third-order valence-electron chi connectivity index (χ3n) is 5.53. The van der Waals surface area contributed by atoms with Crippen LogP contribution in [-0.4, -0.2) is 69.1 Å². The lowest BCUT2D eigenvalue weighted by molar-refractivity contribution is -0.138. The molecule has 28 heavy (non-hydrogen) atoms. The molecule has 2 aromatic rings. The second-order valence-corrected chi connectivity index (χ2v) is 7.49. The fourth-order valence-corrected chi connectivity index (χ4v) is 4.05. The van der Waals surface area contributed by atoms with Crippen LogP contribution in [0.5, 0.6) is 0 Å². The molecule has 0 spiro atoms. The normalized spacial score (nSPS) is 17.6. The number of rotatable bonds is 5. The molecule has 1 aliphatic rings. The fourth-order valence-electron chi connectivity index (χ4n) is 4.05. The van der Waals surface area contributed by atoms with Crippen LogP contribution in [0.15, 0.2) is 30.5 Å². The summed E-state index contributed by atoms with van der Waals surface area (Å²) in [6.45, 7) is 5.31. The third kappa shape index (κ3) is 4.25. The van der Waals surface area contributed by atoms with Gasteiger partial charge in [0.1, 0.15) is 5.82 Å². The van der Waals surface area contributed by atoms with E-state index in [-0.39, 0.29) is 18.5 Å². The lowest BCUT2D eigenvalue weighted by atomic mass is 10.1.